The van der Waals surface area contributed by atoms with Crippen LogP contribution in [0.1, 0.15) is 34.5 Å². The molecule has 2 heterocycles. The molecule has 0 spiro atoms. The number of phenolic OH excluding ortho intramolecular Hbond substituents is 1. The smallest absolute Gasteiger partial charge is 0.251 e. The van der Waals surface area contributed by atoms with E-state index < -0.39 is 0 Å². The van der Waals surface area contributed by atoms with Gasteiger partial charge in [-0.2, -0.15) is 0 Å². The van der Waals surface area contributed by atoms with Gasteiger partial charge in [0, 0.05) is 33.6 Å². The number of rotatable bonds is 5. The third-order valence-corrected chi connectivity index (χ3v) is 6.11. The molecule has 0 saturated carbocycles. The fourth-order valence-electron chi connectivity index (χ4n) is 3.98. The van der Waals surface area contributed by atoms with Gasteiger partial charge in [0.2, 0.25) is 11.9 Å². The van der Waals surface area contributed by atoms with E-state index in [4.69, 9.17) is 11.6 Å². The Balaban J connectivity index is 1.32. The van der Waals surface area contributed by atoms with Gasteiger partial charge in [-0.15, -0.1) is 0 Å². The summed E-state index contributed by atoms with van der Waals surface area (Å²) < 4.78 is 0. The maximum absolute atomic E-state index is 12.7. The van der Waals surface area contributed by atoms with Crippen LogP contribution in [0, 0.1) is 0 Å². The van der Waals surface area contributed by atoms with Crippen molar-refractivity contribution in [3.63, 3.8) is 0 Å². The van der Waals surface area contributed by atoms with Gasteiger partial charge in [-0.25, -0.2) is 9.97 Å². The van der Waals surface area contributed by atoms with E-state index in [1.165, 1.54) is 0 Å². The lowest BCUT2D eigenvalue weighted by Crippen LogP contribution is -2.26. The van der Waals surface area contributed by atoms with Crippen molar-refractivity contribution in [1.29, 1.82) is 0 Å². The number of anilines is 3. The van der Waals surface area contributed by atoms with Crippen molar-refractivity contribution >= 4 is 40.7 Å². The van der Waals surface area contributed by atoms with Gasteiger partial charge in [-0.05, 0) is 67.1 Å². The summed E-state index contributed by atoms with van der Waals surface area (Å²) in [6.07, 6.45) is 1.80. The molecule has 1 aliphatic rings. The molecule has 2 amide bonds. The van der Waals surface area contributed by atoms with Crippen LogP contribution in [0.3, 0.4) is 0 Å². The third kappa shape index (κ3) is 4.99. The highest BCUT2D eigenvalue weighted by Crippen LogP contribution is 2.34. The number of phenols is 1. The Labute approximate surface area is 212 Å². The second-order valence-corrected chi connectivity index (χ2v) is 8.91. The molecule has 0 fully saturated rings. The number of hydrogen-bond donors (Lipinski definition) is 4. The largest absolute Gasteiger partial charge is 0.508 e. The van der Waals surface area contributed by atoms with E-state index >= 15 is 0 Å². The third-order valence-electron chi connectivity index (χ3n) is 5.87. The van der Waals surface area contributed by atoms with Crippen LogP contribution in [0.5, 0.6) is 5.75 Å². The molecule has 180 valence electrons. The summed E-state index contributed by atoms with van der Waals surface area (Å²) in [5.41, 5.74) is 4.83. The van der Waals surface area contributed by atoms with E-state index in [1.807, 2.05) is 13.0 Å². The molecule has 8 nitrogen and oxygen atoms in total. The number of fused-ring (bicyclic) bond motifs is 3. The minimum absolute atomic E-state index is 0.157. The number of carbonyl (C=O) groups is 2. The van der Waals surface area contributed by atoms with Crippen molar-refractivity contribution < 1.29 is 14.7 Å². The number of carbonyl (C=O) groups excluding carboxylic acids is 2. The summed E-state index contributed by atoms with van der Waals surface area (Å²) in [5.74, 6) is 0.172. The normalized spacial score (nSPS) is 13.0. The first kappa shape index (κ1) is 23.3. The Morgan fingerprint density at radius 3 is 2.58 bits per heavy atom. The van der Waals surface area contributed by atoms with Crippen LogP contribution >= 0.6 is 11.6 Å². The highest BCUT2D eigenvalue weighted by molar-refractivity contribution is 6.31. The molecular formula is C27H22ClN5O3. The van der Waals surface area contributed by atoms with Crippen LogP contribution in [-0.2, 0) is 11.2 Å². The second-order valence-electron chi connectivity index (χ2n) is 8.47. The fourth-order valence-corrected chi connectivity index (χ4v) is 4.16. The minimum Gasteiger partial charge on any atom is -0.508 e. The van der Waals surface area contributed by atoms with Crippen molar-refractivity contribution in [3.05, 3.63) is 94.6 Å². The summed E-state index contributed by atoms with van der Waals surface area (Å²) in [6.45, 7) is 1.88. The van der Waals surface area contributed by atoms with Gasteiger partial charge in [0.1, 0.15) is 5.75 Å². The maximum atomic E-state index is 12.7. The predicted molar refractivity (Wildman–Crippen MR) is 139 cm³/mol. The Kier molecular flexibility index (Phi) is 6.26. The Morgan fingerprint density at radius 2 is 1.83 bits per heavy atom. The highest BCUT2D eigenvalue weighted by Gasteiger charge is 2.21. The van der Waals surface area contributed by atoms with E-state index in [-0.39, 0.29) is 30.0 Å². The summed E-state index contributed by atoms with van der Waals surface area (Å²) in [7, 11) is 0. The summed E-state index contributed by atoms with van der Waals surface area (Å²) in [6, 6.07) is 18.7. The van der Waals surface area contributed by atoms with Crippen LogP contribution in [0.15, 0.2) is 72.9 Å². The molecule has 36 heavy (non-hydrogen) atoms. The number of hydrogen-bond acceptors (Lipinski definition) is 6. The first-order valence-corrected chi connectivity index (χ1v) is 11.7. The summed E-state index contributed by atoms with van der Waals surface area (Å²) in [4.78, 5) is 34.0. The number of aromatic hydroxyl groups is 1. The number of aromatic nitrogens is 2. The first-order valence-electron chi connectivity index (χ1n) is 11.3. The van der Waals surface area contributed by atoms with Crippen molar-refractivity contribution in [2.75, 3.05) is 10.6 Å². The maximum Gasteiger partial charge on any atom is 0.251 e. The summed E-state index contributed by atoms with van der Waals surface area (Å²) in [5, 5.41) is 18.9. The second kappa shape index (κ2) is 9.67. The molecule has 9 heteroatoms. The number of nitrogens with one attached hydrogen (secondary N) is 3. The Bertz CT molecular complexity index is 1460. The quantitative estimate of drug-likeness (QED) is 0.299. The minimum atomic E-state index is -0.219. The van der Waals surface area contributed by atoms with E-state index in [0.717, 1.165) is 11.1 Å². The molecular weight excluding hydrogens is 478 g/mol. The Morgan fingerprint density at radius 1 is 1.08 bits per heavy atom. The summed E-state index contributed by atoms with van der Waals surface area (Å²) >= 11 is 6.11. The number of halogens is 1. The molecule has 1 aromatic heterocycles. The average molecular weight is 500 g/mol. The Hall–Kier alpha value is -4.43. The molecule has 3 aromatic carbocycles. The van der Waals surface area contributed by atoms with Gasteiger partial charge in [-0.1, -0.05) is 23.7 Å². The van der Waals surface area contributed by atoms with Crippen molar-refractivity contribution in [2.45, 2.75) is 19.4 Å². The zero-order valence-corrected chi connectivity index (χ0v) is 20.0. The number of benzene rings is 3. The van der Waals surface area contributed by atoms with Crippen LogP contribution < -0.4 is 16.0 Å². The van der Waals surface area contributed by atoms with Gasteiger partial charge in [0.15, 0.2) is 0 Å². The zero-order valence-electron chi connectivity index (χ0n) is 19.2. The van der Waals surface area contributed by atoms with Gasteiger partial charge in [-0.3, -0.25) is 9.59 Å². The lowest BCUT2D eigenvalue weighted by Gasteiger charge is -2.15. The van der Waals surface area contributed by atoms with Crippen LogP contribution in [0.4, 0.5) is 17.3 Å². The van der Waals surface area contributed by atoms with Gasteiger partial charge in [0.05, 0.1) is 23.8 Å². The van der Waals surface area contributed by atoms with Crippen LogP contribution in [0.25, 0.3) is 11.3 Å². The lowest BCUT2D eigenvalue weighted by atomic mass is 10.1. The molecule has 0 aliphatic carbocycles. The van der Waals surface area contributed by atoms with Crippen LogP contribution in [-0.4, -0.2) is 26.9 Å². The molecule has 0 radical (unpaired) electrons. The molecule has 0 saturated heterocycles. The van der Waals surface area contributed by atoms with Crippen LogP contribution in [0.2, 0.25) is 5.02 Å². The van der Waals surface area contributed by atoms with E-state index in [0.29, 0.717) is 39.2 Å². The van der Waals surface area contributed by atoms with Gasteiger partial charge >= 0.3 is 0 Å². The standard InChI is InChI=1S/C27H22ClN5O3/c1-15(16-4-9-21(34)10-5-16)30-26(36)17-2-7-20(8-3-17)31-27-29-14-18-12-24(35)32-23-13-19(28)6-11-22(23)25(18)33-27/h2-11,13-15,34H,12H2,1H3,(H,30,36)(H,32,35)(H,29,31,33). The topological polar surface area (TPSA) is 116 Å². The van der Waals surface area contributed by atoms with Gasteiger partial charge < -0.3 is 21.1 Å². The molecule has 1 atom stereocenters. The predicted octanol–water partition coefficient (Wildman–Crippen LogP) is 5.23. The molecule has 1 aliphatic heterocycles. The average Bonchev–Trinajstić information content (AvgIpc) is 2.99. The molecule has 0 bridgehead atoms. The lowest BCUT2D eigenvalue weighted by molar-refractivity contribution is -0.115. The molecule has 1 unspecified atom stereocenters. The highest BCUT2D eigenvalue weighted by atomic mass is 35.5. The monoisotopic (exact) mass is 499 g/mol. The first-order chi connectivity index (χ1) is 17.4. The van der Waals surface area contributed by atoms with Crippen molar-refractivity contribution in [1.82, 2.24) is 15.3 Å². The van der Waals surface area contributed by atoms with E-state index in [2.05, 4.69) is 25.9 Å². The fraction of sp³-hybridized carbons (Fsp3) is 0.111. The van der Waals surface area contributed by atoms with Crippen molar-refractivity contribution in [3.8, 4) is 17.0 Å². The number of nitrogens with zero attached hydrogens (tertiary/aromatic N) is 2. The molecule has 4 N–H and O–H groups in total. The van der Waals surface area contributed by atoms with Gasteiger partial charge in [0.25, 0.3) is 5.91 Å². The molecule has 5 rings (SSSR count). The SMILES string of the molecule is CC(NC(=O)c1ccc(Nc2ncc3c(n2)-c2ccc(Cl)cc2NC(=O)C3)cc1)c1ccc(O)cc1. The van der Waals surface area contributed by atoms with Crippen molar-refractivity contribution in [2.24, 2.45) is 0 Å². The molecule has 4 aromatic rings. The zero-order chi connectivity index (χ0) is 25.2. The van der Waals surface area contributed by atoms with E-state index in [1.54, 1.807) is 66.9 Å². The van der Waals surface area contributed by atoms with E-state index in [9.17, 15) is 14.7 Å². The number of amides is 2.